The Bertz CT molecular complexity index is 453. The Labute approximate surface area is 121 Å². The molecule has 1 atom stereocenters. The molecule has 0 aliphatic rings. The maximum Gasteiger partial charge on any atom is 0.244 e. The number of carbonyl (C=O) groups excluding carboxylic acids is 1. The smallest absolute Gasteiger partial charge is 0.244 e. The lowest BCUT2D eigenvalue weighted by molar-refractivity contribution is -0.117. The largest absolute Gasteiger partial charge is 0.399 e. The van der Waals surface area contributed by atoms with Crippen LogP contribution in [0.2, 0.25) is 0 Å². The molecule has 1 amide bonds. The van der Waals surface area contributed by atoms with Crippen molar-refractivity contribution in [2.45, 2.75) is 26.8 Å². The van der Waals surface area contributed by atoms with E-state index in [2.05, 4.69) is 24.1 Å². The number of nitrogen functional groups attached to an aromatic ring is 1. The van der Waals surface area contributed by atoms with Crippen molar-refractivity contribution in [2.75, 3.05) is 25.4 Å². The lowest BCUT2D eigenvalue weighted by Crippen LogP contribution is -2.41. The molecule has 0 spiro atoms. The molecule has 0 saturated carbocycles. The third kappa shape index (κ3) is 5.89. The van der Waals surface area contributed by atoms with Gasteiger partial charge in [-0.1, -0.05) is 26.0 Å². The third-order valence-corrected chi connectivity index (χ3v) is 3.15. The van der Waals surface area contributed by atoms with Gasteiger partial charge in [-0.05, 0) is 43.8 Å². The molecule has 1 rings (SSSR count). The molecule has 0 aliphatic carbocycles. The van der Waals surface area contributed by atoms with Gasteiger partial charge in [-0.15, -0.1) is 0 Å². The van der Waals surface area contributed by atoms with E-state index in [0.717, 1.165) is 25.2 Å². The molecule has 0 aromatic heterocycles. The Balaban J connectivity index is 2.47. The van der Waals surface area contributed by atoms with Crippen molar-refractivity contribution >= 4 is 17.7 Å². The molecule has 1 aromatic rings. The molecule has 0 bridgehead atoms. The first kappa shape index (κ1) is 16.2. The lowest BCUT2D eigenvalue weighted by Gasteiger charge is -2.22. The van der Waals surface area contributed by atoms with Crippen molar-refractivity contribution in [3.05, 3.63) is 35.9 Å². The van der Waals surface area contributed by atoms with Gasteiger partial charge in [0.1, 0.15) is 0 Å². The number of nitrogens with two attached hydrogens (primary N) is 1. The minimum absolute atomic E-state index is 0.0768. The number of amides is 1. The predicted molar refractivity (Wildman–Crippen MR) is 85.3 cm³/mol. The zero-order chi connectivity index (χ0) is 15.0. The summed E-state index contributed by atoms with van der Waals surface area (Å²) in [6.07, 6.45) is 3.32. The second kappa shape index (κ2) is 8.38. The number of likely N-dealkylation sites (N-methyl/N-ethyl adjacent to an activating group) is 1. The van der Waals surface area contributed by atoms with E-state index < -0.39 is 0 Å². The first-order valence-corrected chi connectivity index (χ1v) is 7.11. The molecule has 20 heavy (non-hydrogen) atoms. The Morgan fingerprint density at radius 1 is 1.40 bits per heavy atom. The van der Waals surface area contributed by atoms with E-state index in [4.69, 9.17) is 5.73 Å². The zero-order valence-electron chi connectivity index (χ0n) is 12.6. The standard InChI is InChI=1S/C16H25N3O/c1-4-19(5-2)12-13(3)18-16(20)10-9-14-7-6-8-15(17)11-14/h6-11,13H,4-5,12,17H2,1-3H3,(H,18,20)/b10-9+. The zero-order valence-corrected chi connectivity index (χ0v) is 12.6. The highest BCUT2D eigenvalue weighted by Crippen LogP contribution is 2.07. The molecule has 1 aromatic carbocycles. The Kier molecular flexibility index (Phi) is 6.81. The van der Waals surface area contributed by atoms with Gasteiger partial charge in [0.2, 0.25) is 5.91 Å². The van der Waals surface area contributed by atoms with Gasteiger partial charge in [0, 0.05) is 24.4 Å². The maximum atomic E-state index is 11.8. The van der Waals surface area contributed by atoms with Crippen LogP contribution < -0.4 is 11.1 Å². The van der Waals surface area contributed by atoms with Crippen molar-refractivity contribution in [1.82, 2.24) is 10.2 Å². The van der Waals surface area contributed by atoms with E-state index in [1.807, 2.05) is 31.2 Å². The highest BCUT2D eigenvalue weighted by molar-refractivity contribution is 5.92. The third-order valence-electron chi connectivity index (χ3n) is 3.15. The summed E-state index contributed by atoms with van der Waals surface area (Å²) in [5, 5.41) is 2.97. The lowest BCUT2D eigenvalue weighted by atomic mass is 10.2. The summed E-state index contributed by atoms with van der Waals surface area (Å²) in [5.41, 5.74) is 7.32. The van der Waals surface area contributed by atoms with Crippen molar-refractivity contribution in [3.63, 3.8) is 0 Å². The van der Waals surface area contributed by atoms with Gasteiger partial charge in [-0.2, -0.15) is 0 Å². The fourth-order valence-corrected chi connectivity index (χ4v) is 2.04. The SMILES string of the molecule is CCN(CC)CC(C)NC(=O)/C=C/c1cccc(N)c1. The van der Waals surface area contributed by atoms with Crippen LogP contribution in [0, 0.1) is 0 Å². The molecule has 3 N–H and O–H groups in total. The topological polar surface area (TPSA) is 58.4 Å². The molecule has 1 unspecified atom stereocenters. The first-order valence-electron chi connectivity index (χ1n) is 7.11. The summed E-state index contributed by atoms with van der Waals surface area (Å²) in [7, 11) is 0. The predicted octanol–water partition coefficient (Wildman–Crippen LogP) is 2.13. The number of nitrogens with zero attached hydrogens (tertiary/aromatic N) is 1. The van der Waals surface area contributed by atoms with E-state index in [0.29, 0.717) is 5.69 Å². The van der Waals surface area contributed by atoms with E-state index >= 15 is 0 Å². The second-order valence-corrected chi connectivity index (χ2v) is 4.90. The minimum atomic E-state index is -0.0768. The number of anilines is 1. The van der Waals surface area contributed by atoms with E-state index in [-0.39, 0.29) is 11.9 Å². The summed E-state index contributed by atoms with van der Waals surface area (Å²) < 4.78 is 0. The number of carbonyl (C=O) groups is 1. The first-order chi connectivity index (χ1) is 9.55. The number of hydrogen-bond acceptors (Lipinski definition) is 3. The molecule has 4 nitrogen and oxygen atoms in total. The van der Waals surface area contributed by atoms with Gasteiger partial charge in [0.25, 0.3) is 0 Å². The Morgan fingerprint density at radius 2 is 2.10 bits per heavy atom. The second-order valence-electron chi connectivity index (χ2n) is 4.90. The Morgan fingerprint density at radius 3 is 2.70 bits per heavy atom. The molecule has 0 radical (unpaired) electrons. The quantitative estimate of drug-likeness (QED) is 0.592. The highest BCUT2D eigenvalue weighted by atomic mass is 16.1. The molecular formula is C16H25N3O. The average molecular weight is 275 g/mol. The normalized spacial score (nSPS) is 12.8. The fourth-order valence-electron chi connectivity index (χ4n) is 2.04. The fraction of sp³-hybridized carbons (Fsp3) is 0.438. The van der Waals surface area contributed by atoms with Crippen LogP contribution in [-0.2, 0) is 4.79 Å². The van der Waals surface area contributed by atoms with Crippen molar-refractivity contribution in [1.29, 1.82) is 0 Å². The molecule has 0 aliphatic heterocycles. The summed E-state index contributed by atoms with van der Waals surface area (Å²) in [6.45, 7) is 9.12. The van der Waals surface area contributed by atoms with Crippen LogP contribution in [0.1, 0.15) is 26.3 Å². The summed E-state index contributed by atoms with van der Waals surface area (Å²) in [6, 6.07) is 7.58. The van der Waals surface area contributed by atoms with Gasteiger partial charge in [0.15, 0.2) is 0 Å². The molecule has 0 heterocycles. The number of hydrogen-bond donors (Lipinski definition) is 2. The van der Waals surface area contributed by atoms with Gasteiger partial charge >= 0.3 is 0 Å². The van der Waals surface area contributed by atoms with Crippen LogP contribution in [0.5, 0.6) is 0 Å². The minimum Gasteiger partial charge on any atom is -0.399 e. The highest BCUT2D eigenvalue weighted by Gasteiger charge is 2.08. The van der Waals surface area contributed by atoms with Gasteiger partial charge in [0.05, 0.1) is 0 Å². The number of benzene rings is 1. The molecule has 110 valence electrons. The van der Waals surface area contributed by atoms with Crippen molar-refractivity contribution in [2.24, 2.45) is 0 Å². The summed E-state index contributed by atoms with van der Waals surface area (Å²) in [5.74, 6) is -0.0768. The summed E-state index contributed by atoms with van der Waals surface area (Å²) >= 11 is 0. The molecule has 0 saturated heterocycles. The van der Waals surface area contributed by atoms with Crippen LogP contribution in [0.4, 0.5) is 5.69 Å². The number of nitrogens with one attached hydrogen (secondary N) is 1. The van der Waals surface area contributed by atoms with E-state index in [1.54, 1.807) is 12.2 Å². The molecule has 0 fully saturated rings. The van der Waals surface area contributed by atoms with Gasteiger partial charge in [-0.25, -0.2) is 0 Å². The molecule has 4 heteroatoms. The van der Waals surface area contributed by atoms with Crippen LogP contribution >= 0.6 is 0 Å². The van der Waals surface area contributed by atoms with Crippen LogP contribution in [-0.4, -0.2) is 36.5 Å². The maximum absolute atomic E-state index is 11.8. The van der Waals surface area contributed by atoms with Crippen molar-refractivity contribution in [3.8, 4) is 0 Å². The average Bonchev–Trinajstić information content (AvgIpc) is 2.42. The van der Waals surface area contributed by atoms with E-state index in [1.165, 1.54) is 0 Å². The summed E-state index contributed by atoms with van der Waals surface area (Å²) in [4.78, 5) is 14.1. The Hall–Kier alpha value is -1.81. The monoisotopic (exact) mass is 275 g/mol. The van der Waals surface area contributed by atoms with Crippen LogP contribution in [0.25, 0.3) is 6.08 Å². The van der Waals surface area contributed by atoms with E-state index in [9.17, 15) is 4.79 Å². The van der Waals surface area contributed by atoms with Gasteiger partial charge in [-0.3, -0.25) is 4.79 Å². The number of rotatable bonds is 7. The molecular weight excluding hydrogens is 250 g/mol. The van der Waals surface area contributed by atoms with Crippen LogP contribution in [0.3, 0.4) is 0 Å². The van der Waals surface area contributed by atoms with Crippen molar-refractivity contribution < 1.29 is 4.79 Å². The van der Waals surface area contributed by atoms with Crippen LogP contribution in [0.15, 0.2) is 30.3 Å². The van der Waals surface area contributed by atoms with Gasteiger partial charge < -0.3 is 16.0 Å².